The SMILES string of the molecule is Cc1cc(OCC2CC2)c(CCN)c(C)c1Cl. The third kappa shape index (κ3) is 2.93. The van der Waals surface area contributed by atoms with E-state index in [0.717, 1.165) is 40.8 Å². The number of ether oxygens (including phenoxy) is 1. The molecule has 0 bridgehead atoms. The minimum atomic E-state index is 0.625. The van der Waals surface area contributed by atoms with Crippen molar-refractivity contribution in [3.63, 3.8) is 0 Å². The van der Waals surface area contributed by atoms with Crippen LogP contribution < -0.4 is 10.5 Å². The van der Waals surface area contributed by atoms with E-state index >= 15 is 0 Å². The zero-order valence-corrected chi connectivity index (χ0v) is 11.3. The van der Waals surface area contributed by atoms with Crippen molar-refractivity contribution in [2.45, 2.75) is 33.1 Å². The van der Waals surface area contributed by atoms with Gasteiger partial charge in [-0.25, -0.2) is 0 Å². The van der Waals surface area contributed by atoms with Crippen LogP contribution in [0.15, 0.2) is 6.07 Å². The summed E-state index contributed by atoms with van der Waals surface area (Å²) in [6.07, 6.45) is 3.43. The van der Waals surface area contributed by atoms with Gasteiger partial charge in [-0.2, -0.15) is 0 Å². The molecule has 0 saturated heterocycles. The van der Waals surface area contributed by atoms with Gasteiger partial charge < -0.3 is 10.5 Å². The van der Waals surface area contributed by atoms with Crippen molar-refractivity contribution in [1.82, 2.24) is 0 Å². The van der Waals surface area contributed by atoms with Crippen molar-refractivity contribution in [1.29, 1.82) is 0 Å². The number of aryl methyl sites for hydroxylation is 1. The van der Waals surface area contributed by atoms with Crippen LogP contribution in [0.2, 0.25) is 5.02 Å². The molecule has 2 rings (SSSR count). The number of benzene rings is 1. The molecule has 94 valence electrons. The van der Waals surface area contributed by atoms with Crippen LogP contribution in [0.1, 0.15) is 29.5 Å². The molecular weight excluding hydrogens is 234 g/mol. The summed E-state index contributed by atoms with van der Waals surface area (Å²) in [7, 11) is 0. The summed E-state index contributed by atoms with van der Waals surface area (Å²) < 4.78 is 5.92. The minimum Gasteiger partial charge on any atom is -0.493 e. The lowest BCUT2D eigenvalue weighted by molar-refractivity contribution is 0.296. The topological polar surface area (TPSA) is 35.2 Å². The molecule has 0 radical (unpaired) electrons. The Hall–Kier alpha value is -0.730. The number of hydrogen-bond acceptors (Lipinski definition) is 2. The van der Waals surface area contributed by atoms with Gasteiger partial charge in [-0.3, -0.25) is 0 Å². The Morgan fingerprint density at radius 3 is 2.71 bits per heavy atom. The summed E-state index contributed by atoms with van der Waals surface area (Å²) in [6, 6.07) is 2.04. The lowest BCUT2D eigenvalue weighted by Gasteiger charge is -2.16. The number of rotatable bonds is 5. The number of nitrogens with two attached hydrogens (primary N) is 1. The Kier molecular flexibility index (Phi) is 3.95. The summed E-state index contributed by atoms with van der Waals surface area (Å²) in [4.78, 5) is 0. The van der Waals surface area contributed by atoms with Crippen LogP contribution in [0, 0.1) is 19.8 Å². The van der Waals surface area contributed by atoms with Gasteiger partial charge in [0.25, 0.3) is 0 Å². The Labute approximate surface area is 108 Å². The highest BCUT2D eigenvalue weighted by molar-refractivity contribution is 6.32. The van der Waals surface area contributed by atoms with Crippen molar-refractivity contribution in [2.24, 2.45) is 11.7 Å². The van der Waals surface area contributed by atoms with E-state index in [2.05, 4.69) is 0 Å². The van der Waals surface area contributed by atoms with E-state index in [1.165, 1.54) is 18.4 Å². The number of hydrogen-bond donors (Lipinski definition) is 1. The number of halogens is 1. The third-order valence-corrected chi connectivity index (χ3v) is 3.92. The van der Waals surface area contributed by atoms with Gasteiger partial charge in [0.05, 0.1) is 6.61 Å². The van der Waals surface area contributed by atoms with E-state index in [1.807, 2.05) is 19.9 Å². The first-order valence-corrected chi connectivity index (χ1v) is 6.62. The van der Waals surface area contributed by atoms with E-state index < -0.39 is 0 Å². The van der Waals surface area contributed by atoms with Crippen molar-refractivity contribution in [2.75, 3.05) is 13.2 Å². The first-order chi connectivity index (χ1) is 8.13. The second-order valence-electron chi connectivity index (χ2n) is 4.90. The molecule has 2 N–H and O–H groups in total. The summed E-state index contributed by atoms with van der Waals surface area (Å²) in [5.74, 6) is 1.73. The maximum absolute atomic E-state index is 6.27. The monoisotopic (exact) mass is 253 g/mol. The van der Waals surface area contributed by atoms with Crippen LogP contribution in [0.4, 0.5) is 0 Å². The van der Waals surface area contributed by atoms with Gasteiger partial charge in [-0.05, 0) is 68.3 Å². The van der Waals surface area contributed by atoms with Crippen LogP contribution in [0.25, 0.3) is 0 Å². The van der Waals surface area contributed by atoms with Crippen LogP contribution in [0.3, 0.4) is 0 Å². The predicted octanol–water partition coefficient (Wildman–Crippen LogP) is 3.25. The molecule has 0 aromatic heterocycles. The quantitative estimate of drug-likeness (QED) is 0.874. The molecule has 0 unspecified atom stereocenters. The van der Waals surface area contributed by atoms with Crippen molar-refractivity contribution >= 4 is 11.6 Å². The molecule has 0 heterocycles. The summed E-state index contributed by atoms with van der Waals surface area (Å²) in [5, 5.41) is 0.840. The zero-order chi connectivity index (χ0) is 12.4. The van der Waals surface area contributed by atoms with Crippen LogP contribution >= 0.6 is 11.6 Å². The molecule has 0 spiro atoms. The molecule has 1 saturated carbocycles. The van der Waals surface area contributed by atoms with E-state index in [4.69, 9.17) is 22.1 Å². The smallest absolute Gasteiger partial charge is 0.123 e. The third-order valence-electron chi connectivity index (χ3n) is 3.34. The van der Waals surface area contributed by atoms with Gasteiger partial charge in [0, 0.05) is 5.02 Å². The standard InChI is InChI=1S/C14H20ClNO/c1-9-7-13(17-8-11-3-4-11)12(5-6-16)10(2)14(9)15/h7,11H,3-6,8,16H2,1-2H3. The molecule has 2 nitrogen and oxygen atoms in total. The molecule has 17 heavy (non-hydrogen) atoms. The van der Waals surface area contributed by atoms with E-state index in [0.29, 0.717) is 6.54 Å². The van der Waals surface area contributed by atoms with Crippen LogP contribution in [-0.2, 0) is 6.42 Å². The fraction of sp³-hybridized carbons (Fsp3) is 0.571. The molecule has 3 heteroatoms. The van der Waals surface area contributed by atoms with Crippen molar-refractivity contribution in [3.8, 4) is 5.75 Å². The van der Waals surface area contributed by atoms with Gasteiger partial charge in [0.15, 0.2) is 0 Å². The highest BCUT2D eigenvalue weighted by Crippen LogP contribution is 2.34. The zero-order valence-electron chi connectivity index (χ0n) is 10.6. The van der Waals surface area contributed by atoms with Gasteiger partial charge in [0.2, 0.25) is 0 Å². The maximum atomic E-state index is 6.27. The Bertz CT molecular complexity index is 413. The lowest BCUT2D eigenvalue weighted by Crippen LogP contribution is -2.09. The van der Waals surface area contributed by atoms with Crippen molar-refractivity contribution in [3.05, 3.63) is 27.8 Å². The first kappa shape index (κ1) is 12.7. The van der Waals surface area contributed by atoms with E-state index in [1.54, 1.807) is 0 Å². The fourth-order valence-electron chi connectivity index (χ4n) is 2.04. The van der Waals surface area contributed by atoms with E-state index in [9.17, 15) is 0 Å². The second-order valence-corrected chi connectivity index (χ2v) is 5.28. The Morgan fingerprint density at radius 1 is 1.41 bits per heavy atom. The average molecular weight is 254 g/mol. The van der Waals surface area contributed by atoms with Gasteiger partial charge in [0.1, 0.15) is 5.75 Å². The predicted molar refractivity (Wildman–Crippen MR) is 71.9 cm³/mol. The largest absolute Gasteiger partial charge is 0.493 e. The van der Waals surface area contributed by atoms with E-state index in [-0.39, 0.29) is 0 Å². The minimum absolute atomic E-state index is 0.625. The van der Waals surface area contributed by atoms with Crippen molar-refractivity contribution < 1.29 is 4.74 Å². The molecule has 1 aromatic rings. The highest BCUT2D eigenvalue weighted by Gasteiger charge is 2.23. The van der Waals surface area contributed by atoms with Gasteiger partial charge in [-0.1, -0.05) is 11.6 Å². The van der Waals surface area contributed by atoms with Gasteiger partial charge >= 0.3 is 0 Å². The normalized spacial score (nSPS) is 15.1. The first-order valence-electron chi connectivity index (χ1n) is 6.25. The van der Waals surface area contributed by atoms with Gasteiger partial charge in [-0.15, -0.1) is 0 Å². The fourth-order valence-corrected chi connectivity index (χ4v) is 2.20. The molecule has 0 atom stereocenters. The molecular formula is C14H20ClNO. The lowest BCUT2D eigenvalue weighted by atomic mass is 10.0. The summed E-state index contributed by atoms with van der Waals surface area (Å²) >= 11 is 6.27. The molecule has 1 fully saturated rings. The maximum Gasteiger partial charge on any atom is 0.123 e. The molecule has 1 aromatic carbocycles. The Morgan fingerprint density at radius 2 is 2.12 bits per heavy atom. The molecule has 0 amide bonds. The van der Waals surface area contributed by atoms with Crippen LogP contribution in [0.5, 0.6) is 5.75 Å². The molecule has 1 aliphatic carbocycles. The molecule has 1 aliphatic rings. The summed E-state index contributed by atoms with van der Waals surface area (Å²) in [6.45, 7) is 5.52. The summed E-state index contributed by atoms with van der Waals surface area (Å²) in [5.41, 5.74) is 9.02. The molecule has 0 aliphatic heterocycles. The highest BCUT2D eigenvalue weighted by atomic mass is 35.5. The second kappa shape index (κ2) is 5.28. The van der Waals surface area contributed by atoms with Crippen LogP contribution in [-0.4, -0.2) is 13.2 Å². The Balaban J connectivity index is 2.25. The average Bonchev–Trinajstić information content (AvgIpc) is 3.12.